The maximum Gasteiger partial charge on any atom is 0.424 e. The van der Waals surface area contributed by atoms with E-state index in [0.29, 0.717) is 18.5 Å². The SMILES string of the molecule is C=CCN1CC(=O)N2C(Cc3ccc(O)cc3)C(=O)N(Cc3cccc4c(C(=O)CC(C)(C)C)cn(CCC)c34)CC2N1C(=O)O. The van der Waals surface area contributed by atoms with Gasteiger partial charge in [-0.2, -0.15) is 0 Å². The van der Waals surface area contributed by atoms with Gasteiger partial charge in [-0.15, -0.1) is 6.58 Å². The first kappa shape index (κ1) is 32.7. The average Bonchev–Trinajstić information content (AvgIpc) is 3.35. The minimum Gasteiger partial charge on any atom is -0.508 e. The Balaban J connectivity index is 1.57. The van der Waals surface area contributed by atoms with Gasteiger partial charge < -0.3 is 24.6 Å². The van der Waals surface area contributed by atoms with Gasteiger partial charge in [-0.25, -0.2) is 14.8 Å². The number of phenols is 1. The number of fused-ring (bicyclic) bond motifs is 2. The van der Waals surface area contributed by atoms with E-state index in [9.17, 15) is 29.4 Å². The van der Waals surface area contributed by atoms with Crippen molar-refractivity contribution in [1.82, 2.24) is 24.4 Å². The predicted molar refractivity (Wildman–Crippen MR) is 174 cm³/mol. The number of carboxylic acid groups (broad SMARTS) is 1. The van der Waals surface area contributed by atoms with E-state index >= 15 is 0 Å². The van der Waals surface area contributed by atoms with Crippen molar-refractivity contribution in [2.45, 2.75) is 72.3 Å². The number of rotatable bonds is 10. The quantitative estimate of drug-likeness (QED) is 0.242. The Morgan fingerprint density at radius 2 is 1.80 bits per heavy atom. The number of carbonyl (C=O) groups excluding carboxylic acids is 3. The molecule has 2 fully saturated rings. The van der Waals surface area contributed by atoms with E-state index < -0.39 is 18.3 Å². The van der Waals surface area contributed by atoms with Gasteiger partial charge in [-0.05, 0) is 35.1 Å². The first-order chi connectivity index (χ1) is 21.8. The van der Waals surface area contributed by atoms with Crippen LogP contribution >= 0.6 is 0 Å². The van der Waals surface area contributed by atoms with Crippen LogP contribution in [0.3, 0.4) is 0 Å². The first-order valence-corrected chi connectivity index (χ1v) is 15.7. The van der Waals surface area contributed by atoms with Crippen LogP contribution < -0.4 is 0 Å². The molecule has 2 aliphatic heterocycles. The van der Waals surface area contributed by atoms with Crippen molar-refractivity contribution < 1.29 is 29.4 Å². The molecule has 3 heterocycles. The molecule has 0 saturated carbocycles. The highest BCUT2D eigenvalue weighted by molar-refractivity contribution is 6.09. The molecule has 11 heteroatoms. The monoisotopic (exact) mass is 629 g/mol. The zero-order valence-electron chi connectivity index (χ0n) is 27.0. The Labute approximate surface area is 269 Å². The lowest BCUT2D eigenvalue weighted by molar-refractivity contribution is -0.192. The Bertz CT molecular complexity index is 1660. The summed E-state index contributed by atoms with van der Waals surface area (Å²) in [5, 5.41) is 23.5. The third-order valence-electron chi connectivity index (χ3n) is 8.53. The molecule has 3 aromatic rings. The molecule has 46 heavy (non-hydrogen) atoms. The molecule has 2 atom stereocenters. The molecule has 2 unspecified atom stereocenters. The van der Waals surface area contributed by atoms with Crippen LogP contribution in [0, 0.1) is 5.41 Å². The average molecular weight is 630 g/mol. The second-order valence-electron chi connectivity index (χ2n) is 13.4. The Morgan fingerprint density at radius 3 is 2.43 bits per heavy atom. The number of hydrogen-bond acceptors (Lipinski definition) is 6. The van der Waals surface area contributed by atoms with E-state index in [1.165, 1.54) is 22.0 Å². The number of aromatic nitrogens is 1. The topological polar surface area (TPSA) is 127 Å². The van der Waals surface area contributed by atoms with Gasteiger partial charge in [0.2, 0.25) is 11.8 Å². The number of phenolic OH excluding ortho intramolecular Hbond substituents is 1. The number of hydrazine groups is 1. The molecule has 3 amide bonds. The number of hydrogen-bond donors (Lipinski definition) is 2. The molecule has 0 radical (unpaired) electrons. The number of carbonyl (C=O) groups is 4. The van der Waals surface area contributed by atoms with Crippen LogP contribution in [0.15, 0.2) is 61.3 Å². The van der Waals surface area contributed by atoms with Crippen LogP contribution in [-0.4, -0.2) is 90.1 Å². The van der Waals surface area contributed by atoms with Crippen molar-refractivity contribution in [1.29, 1.82) is 0 Å². The number of Topliss-reactive ketones (excluding diaryl/α,β-unsaturated/α-hetero) is 1. The first-order valence-electron chi connectivity index (χ1n) is 15.7. The minimum absolute atomic E-state index is 0.0305. The second kappa shape index (κ2) is 13.0. The van der Waals surface area contributed by atoms with E-state index in [1.54, 1.807) is 23.1 Å². The van der Waals surface area contributed by atoms with Gasteiger partial charge in [0, 0.05) is 49.6 Å². The Hall–Kier alpha value is -4.64. The maximum absolute atomic E-state index is 14.3. The van der Waals surface area contributed by atoms with E-state index in [0.717, 1.165) is 33.5 Å². The number of piperazine rings is 1. The molecule has 0 spiro atoms. The van der Waals surface area contributed by atoms with Gasteiger partial charge in [-0.1, -0.05) is 64.1 Å². The summed E-state index contributed by atoms with van der Waals surface area (Å²) in [5.41, 5.74) is 2.89. The van der Waals surface area contributed by atoms with Crippen molar-refractivity contribution >= 4 is 34.6 Å². The fraction of sp³-hybridized carbons (Fsp3) is 0.429. The van der Waals surface area contributed by atoms with Crippen molar-refractivity contribution in [3.63, 3.8) is 0 Å². The Morgan fingerprint density at radius 1 is 1.09 bits per heavy atom. The van der Waals surface area contributed by atoms with E-state index in [2.05, 4.69) is 18.1 Å². The number of aryl methyl sites for hydroxylation is 1. The van der Waals surface area contributed by atoms with Gasteiger partial charge in [-0.3, -0.25) is 14.4 Å². The lowest BCUT2D eigenvalue weighted by Crippen LogP contribution is -2.75. The minimum atomic E-state index is -1.23. The summed E-state index contributed by atoms with van der Waals surface area (Å²) >= 11 is 0. The van der Waals surface area contributed by atoms with Crippen LogP contribution in [0.1, 0.15) is 62.0 Å². The summed E-state index contributed by atoms with van der Waals surface area (Å²) < 4.78 is 2.08. The van der Waals surface area contributed by atoms with Crippen LogP contribution in [0.25, 0.3) is 10.9 Å². The van der Waals surface area contributed by atoms with Gasteiger partial charge >= 0.3 is 6.09 Å². The van der Waals surface area contributed by atoms with Crippen LogP contribution in [-0.2, 0) is 29.1 Å². The van der Waals surface area contributed by atoms with Gasteiger partial charge in [0.1, 0.15) is 18.0 Å². The number of para-hydroxylation sites is 1. The van der Waals surface area contributed by atoms with Gasteiger partial charge in [0.05, 0.1) is 18.6 Å². The molecular weight excluding hydrogens is 586 g/mol. The van der Waals surface area contributed by atoms with Crippen LogP contribution in [0.2, 0.25) is 0 Å². The van der Waals surface area contributed by atoms with Crippen molar-refractivity contribution in [3.05, 3.63) is 78.0 Å². The van der Waals surface area contributed by atoms with Gasteiger partial charge in [0.25, 0.3) is 0 Å². The molecular formula is C35H43N5O6. The summed E-state index contributed by atoms with van der Waals surface area (Å²) in [6, 6.07) is 11.2. The van der Waals surface area contributed by atoms with Crippen molar-refractivity contribution in [2.24, 2.45) is 5.41 Å². The number of amides is 3. The molecule has 2 saturated heterocycles. The number of nitrogens with zero attached hydrogens (tertiary/aromatic N) is 5. The summed E-state index contributed by atoms with van der Waals surface area (Å²) in [6.07, 6.45) is 2.65. The summed E-state index contributed by atoms with van der Waals surface area (Å²) in [7, 11) is 0. The lowest BCUT2D eigenvalue weighted by Gasteiger charge is -2.54. The van der Waals surface area contributed by atoms with Crippen LogP contribution in [0.5, 0.6) is 5.75 Å². The zero-order valence-corrected chi connectivity index (χ0v) is 27.0. The zero-order chi connectivity index (χ0) is 33.3. The maximum atomic E-state index is 14.3. The lowest BCUT2D eigenvalue weighted by atomic mass is 9.87. The number of benzene rings is 2. The fourth-order valence-corrected chi connectivity index (χ4v) is 6.67. The molecule has 1 aromatic heterocycles. The Kier molecular flexibility index (Phi) is 9.25. The molecule has 2 N–H and O–H groups in total. The smallest absolute Gasteiger partial charge is 0.424 e. The highest BCUT2D eigenvalue weighted by atomic mass is 16.4. The molecule has 11 nitrogen and oxygen atoms in total. The molecule has 2 aliphatic rings. The summed E-state index contributed by atoms with van der Waals surface area (Å²) in [4.78, 5) is 57.1. The fourth-order valence-electron chi connectivity index (χ4n) is 6.67. The highest BCUT2D eigenvalue weighted by Crippen LogP contribution is 2.33. The number of aromatic hydroxyl groups is 1. The highest BCUT2D eigenvalue weighted by Gasteiger charge is 2.51. The predicted octanol–water partition coefficient (Wildman–Crippen LogP) is 4.88. The third kappa shape index (κ3) is 6.50. The molecule has 244 valence electrons. The molecule has 0 bridgehead atoms. The second-order valence-corrected chi connectivity index (χ2v) is 13.4. The van der Waals surface area contributed by atoms with Crippen LogP contribution in [0.4, 0.5) is 4.79 Å². The summed E-state index contributed by atoms with van der Waals surface area (Å²) in [6.45, 7) is 12.7. The number of ketones is 1. The van der Waals surface area contributed by atoms with E-state index in [1.807, 2.05) is 45.2 Å². The normalized spacial score (nSPS) is 19.1. The molecule has 0 aliphatic carbocycles. The van der Waals surface area contributed by atoms with Crippen molar-refractivity contribution in [3.8, 4) is 5.75 Å². The van der Waals surface area contributed by atoms with Crippen molar-refractivity contribution in [2.75, 3.05) is 19.6 Å². The summed E-state index contributed by atoms with van der Waals surface area (Å²) in [5.74, 6) is -0.506. The third-order valence-corrected chi connectivity index (χ3v) is 8.53. The standard InChI is InChI=1S/C35H43N5O6/c1-6-15-36-20-27(29(42)18-35(3,4)5)26-10-8-9-24(32(26)36)19-37-21-30-39(31(43)22-38(16-7-2)40(30)34(45)46)28(33(37)44)17-23-11-13-25(41)14-12-23/h7-14,20,28,30,41H,2,6,15-19,21-22H2,1,3-5H3,(H,45,46). The van der Waals surface area contributed by atoms with E-state index in [4.69, 9.17) is 0 Å². The van der Waals surface area contributed by atoms with Gasteiger partial charge in [0.15, 0.2) is 5.78 Å². The largest absolute Gasteiger partial charge is 0.508 e. The molecule has 2 aromatic carbocycles. The molecule has 5 rings (SSSR count). The van der Waals surface area contributed by atoms with E-state index in [-0.39, 0.29) is 61.4 Å².